The molecule has 110 valence electrons. The third kappa shape index (κ3) is 6.66. The Bertz CT molecular complexity index is 420. The summed E-state index contributed by atoms with van der Waals surface area (Å²) in [7, 11) is 0. The van der Waals surface area contributed by atoms with Gasteiger partial charge in [0.25, 0.3) is 0 Å². The molecular formula is C16H24N2OS. The van der Waals surface area contributed by atoms with Crippen molar-refractivity contribution in [2.75, 3.05) is 13.1 Å². The summed E-state index contributed by atoms with van der Waals surface area (Å²) in [5.74, 6) is 0.207. The van der Waals surface area contributed by atoms with Crippen molar-refractivity contribution >= 4 is 23.1 Å². The molecule has 0 radical (unpaired) electrons. The quantitative estimate of drug-likeness (QED) is 0.712. The van der Waals surface area contributed by atoms with Crippen LogP contribution in [0.15, 0.2) is 30.3 Å². The minimum Gasteiger partial charge on any atom is -0.393 e. The van der Waals surface area contributed by atoms with Crippen molar-refractivity contribution in [1.82, 2.24) is 4.90 Å². The number of thiocarbonyl (C=S) groups is 1. The van der Waals surface area contributed by atoms with Crippen molar-refractivity contribution in [3.63, 3.8) is 0 Å². The average molecular weight is 292 g/mol. The fraction of sp³-hybridized carbons (Fsp3) is 0.500. The van der Waals surface area contributed by atoms with E-state index in [1.54, 1.807) is 0 Å². The minimum atomic E-state index is 0.207. The lowest BCUT2D eigenvalue weighted by atomic mass is 10.1. The van der Waals surface area contributed by atoms with Crippen LogP contribution in [-0.2, 0) is 11.2 Å². The Morgan fingerprint density at radius 2 is 1.90 bits per heavy atom. The van der Waals surface area contributed by atoms with Crippen molar-refractivity contribution in [2.45, 2.75) is 39.0 Å². The van der Waals surface area contributed by atoms with Gasteiger partial charge in [-0.1, -0.05) is 55.9 Å². The standard InChI is InChI=1S/C16H24N2OS/c1-2-3-9-16(19)18(13-11-15(17)20)12-10-14-7-5-4-6-8-14/h4-8H,2-3,9-13H2,1H3,(H2,17,20). The molecular weight excluding hydrogens is 268 g/mol. The SMILES string of the molecule is CCCCC(=O)N(CCC(N)=S)CCc1ccccc1. The van der Waals surface area contributed by atoms with E-state index in [2.05, 4.69) is 19.1 Å². The van der Waals surface area contributed by atoms with Crippen LogP contribution < -0.4 is 5.73 Å². The van der Waals surface area contributed by atoms with E-state index in [1.165, 1.54) is 5.56 Å². The number of unbranched alkanes of at least 4 members (excludes halogenated alkanes) is 1. The number of carbonyl (C=O) groups excluding carboxylic acids is 1. The Balaban J connectivity index is 2.52. The van der Waals surface area contributed by atoms with Crippen molar-refractivity contribution in [3.8, 4) is 0 Å². The van der Waals surface area contributed by atoms with Crippen LogP contribution in [0, 0.1) is 0 Å². The molecule has 0 aliphatic rings. The van der Waals surface area contributed by atoms with Crippen LogP contribution in [0.5, 0.6) is 0 Å². The second-order valence-electron chi connectivity index (χ2n) is 4.94. The topological polar surface area (TPSA) is 46.3 Å². The van der Waals surface area contributed by atoms with Gasteiger partial charge in [0.2, 0.25) is 5.91 Å². The highest BCUT2D eigenvalue weighted by molar-refractivity contribution is 7.80. The zero-order chi connectivity index (χ0) is 14.8. The summed E-state index contributed by atoms with van der Waals surface area (Å²) < 4.78 is 0. The van der Waals surface area contributed by atoms with Gasteiger partial charge in [-0.3, -0.25) is 4.79 Å². The predicted molar refractivity (Wildman–Crippen MR) is 87.7 cm³/mol. The first-order chi connectivity index (χ1) is 9.63. The molecule has 1 aromatic carbocycles. The highest BCUT2D eigenvalue weighted by Gasteiger charge is 2.13. The van der Waals surface area contributed by atoms with Crippen molar-refractivity contribution in [1.29, 1.82) is 0 Å². The predicted octanol–water partition coefficient (Wildman–Crippen LogP) is 2.92. The Kier molecular flexibility index (Phi) is 7.88. The molecule has 0 heterocycles. The van der Waals surface area contributed by atoms with Gasteiger partial charge in [0.15, 0.2) is 0 Å². The summed E-state index contributed by atoms with van der Waals surface area (Å²) in [4.78, 5) is 14.5. The maximum atomic E-state index is 12.2. The van der Waals surface area contributed by atoms with Gasteiger partial charge in [-0.2, -0.15) is 0 Å². The fourth-order valence-corrected chi connectivity index (χ4v) is 2.09. The summed E-state index contributed by atoms with van der Waals surface area (Å²) in [6.45, 7) is 3.45. The molecule has 3 nitrogen and oxygen atoms in total. The number of benzene rings is 1. The molecule has 0 atom stereocenters. The number of hydrogen-bond acceptors (Lipinski definition) is 2. The fourth-order valence-electron chi connectivity index (χ4n) is 2.00. The first-order valence-electron chi connectivity index (χ1n) is 7.23. The van der Waals surface area contributed by atoms with E-state index in [-0.39, 0.29) is 5.91 Å². The Hall–Kier alpha value is -1.42. The summed E-state index contributed by atoms with van der Waals surface area (Å²) in [6, 6.07) is 10.2. The van der Waals surface area contributed by atoms with Crippen molar-refractivity contribution in [2.24, 2.45) is 5.73 Å². The normalized spacial score (nSPS) is 10.2. The van der Waals surface area contributed by atoms with Gasteiger partial charge in [-0.15, -0.1) is 0 Å². The first-order valence-corrected chi connectivity index (χ1v) is 7.64. The van der Waals surface area contributed by atoms with E-state index in [0.717, 1.165) is 25.8 Å². The van der Waals surface area contributed by atoms with Crippen LogP contribution in [0.1, 0.15) is 38.2 Å². The van der Waals surface area contributed by atoms with Gasteiger partial charge in [0.05, 0.1) is 4.99 Å². The van der Waals surface area contributed by atoms with Crippen molar-refractivity contribution < 1.29 is 4.79 Å². The minimum absolute atomic E-state index is 0.207. The molecule has 0 bridgehead atoms. The van der Waals surface area contributed by atoms with Gasteiger partial charge >= 0.3 is 0 Å². The highest BCUT2D eigenvalue weighted by Crippen LogP contribution is 2.06. The molecule has 0 saturated carbocycles. The molecule has 0 fully saturated rings. The van der Waals surface area contributed by atoms with Gasteiger partial charge in [-0.25, -0.2) is 0 Å². The lowest BCUT2D eigenvalue weighted by Gasteiger charge is -2.22. The molecule has 0 aliphatic heterocycles. The van der Waals surface area contributed by atoms with E-state index in [0.29, 0.717) is 24.4 Å². The lowest BCUT2D eigenvalue weighted by Crippen LogP contribution is -2.35. The lowest BCUT2D eigenvalue weighted by molar-refractivity contribution is -0.131. The van der Waals surface area contributed by atoms with Crippen LogP contribution in [0.25, 0.3) is 0 Å². The molecule has 20 heavy (non-hydrogen) atoms. The Labute approximate surface area is 127 Å². The maximum Gasteiger partial charge on any atom is 0.222 e. The number of nitrogens with zero attached hydrogens (tertiary/aromatic N) is 1. The van der Waals surface area contributed by atoms with Gasteiger partial charge in [0, 0.05) is 25.9 Å². The van der Waals surface area contributed by atoms with Gasteiger partial charge in [-0.05, 0) is 18.4 Å². The zero-order valence-electron chi connectivity index (χ0n) is 12.2. The summed E-state index contributed by atoms with van der Waals surface area (Å²) in [5.41, 5.74) is 6.79. The smallest absolute Gasteiger partial charge is 0.222 e. The third-order valence-electron chi connectivity index (χ3n) is 3.24. The molecule has 1 aromatic rings. The number of hydrogen-bond donors (Lipinski definition) is 1. The van der Waals surface area contributed by atoms with E-state index in [9.17, 15) is 4.79 Å². The van der Waals surface area contributed by atoms with Crippen LogP contribution >= 0.6 is 12.2 Å². The molecule has 0 saturated heterocycles. The van der Waals surface area contributed by atoms with Crippen molar-refractivity contribution in [3.05, 3.63) is 35.9 Å². The number of carbonyl (C=O) groups is 1. The van der Waals surface area contributed by atoms with Crippen LogP contribution in [0.2, 0.25) is 0 Å². The Morgan fingerprint density at radius 3 is 2.50 bits per heavy atom. The summed E-state index contributed by atoms with van der Waals surface area (Å²) in [5, 5.41) is 0. The number of nitrogens with two attached hydrogens (primary N) is 1. The molecule has 1 rings (SSSR count). The summed E-state index contributed by atoms with van der Waals surface area (Å²) in [6.07, 6.45) is 4.06. The molecule has 4 heteroatoms. The van der Waals surface area contributed by atoms with E-state index in [4.69, 9.17) is 18.0 Å². The summed E-state index contributed by atoms with van der Waals surface area (Å²) >= 11 is 4.91. The van der Waals surface area contributed by atoms with E-state index >= 15 is 0 Å². The van der Waals surface area contributed by atoms with Gasteiger partial charge in [0.1, 0.15) is 0 Å². The number of amides is 1. The monoisotopic (exact) mass is 292 g/mol. The van der Waals surface area contributed by atoms with Crippen LogP contribution in [0.3, 0.4) is 0 Å². The second kappa shape index (κ2) is 9.48. The van der Waals surface area contributed by atoms with Crippen LogP contribution in [-0.4, -0.2) is 28.9 Å². The zero-order valence-corrected chi connectivity index (χ0v) is 13.0. The molecule has 0 spiro atoms. The average Bonchev–Trinajstić information content (AvgIpc) is 2.45. The molecule has 2 N–H and O–H groups in total. The Morgan fingerprint density at radius 1 is 1.20 bits per heavy atom. The molecule has 0 aliphatic carbocycles. The first kappa shape index (κ1) is 16.6. The number of rotatable bonds is 9. The largest absolute Gasteiger partial charge is 0.393 e. The van der Waals surface area contributed by atoms with E-state index in [1.807, 2.05) is 23.1 Å². The highest BCUT2D eigenvalue weighted by atomic mass is 32.1. The maximum absolute atomic E-state index is 12.2. The second-order valence-corrected chi connectivity index (χ2v) is 5.46. The molecule has 0 unspecified atom stereocenters. The third-order valence-corrected chi connectivity index (χ3v) is 3.44. The molecule has 0 aromatic heterocycles. The van der Waals surface area contributed by atoms with E-state index < -0.39 is 0 Å². The van der Waals surface area contributed by atoms with Gasteiger partial charge < -0.3 is 10.6 Å². The molecule has 1 amide bonds. The van der Waals surface area contributed by atoms with Crippen LogP contribution in [0.4, 0.5) is 0 Å².